The van der Waals surface area contributed by atoms with E-state index in [9.17, 15) is 35.9 Å². The van der Waals surface area contributed by atoms with Gasteiger partial charge in [-0.1, -0.05) is 22.8 Å². The van der Waals surface area contributed by atoms with E-state index in [1.807, 2.05) is 6.92 Å². The highest BCUT2D eigenvalue weighted by Gasteiger charge is 2.47. The maximum Gasteiger partial charge on any atom is 0.492 e. The fourth-order valence-electron chi connectivity index (χ4n) is 2.48. The second-order valence-electron chi connectivity index (χ2n) is 6.11. The molecule has 2 unspecified atom stereocenters. The van der Waals surface area contributed by atoms with Crippen LogP contribution >= 0.6 is 0 Å². The van der Waals surface area contributed by atoms with Gasteiger partial charge in [-0.05, 0) is 25.5 Å². The van der Waals surface area contributed by atoms with Crippen LogP contribution in [-0.2, 0) is 19.2 Å². The summed E-state index contributed by atoms with van der Waals surface area (Å²) in [4.78, 5) is 26.2. The minimum absolute atomic E-state index is 0.124. The lowest BCUT2D eigenvalue weighted by Gasteiger charge is -2.37. The standard InChI is InChI=1S/C16H16F6N2O4/c1-9-2-4-10(5-3-9)23-11-6-7-24(28-14(26)16(20,21)22)12(8-11)27-13(25)15(17,18)19/h2-5,11-12,23H,6-8H2,1H3. The van der Waals surface area contributed by atoms with E-state index in [1.165, 1.54) is 0 Å². The van der Waals surface area contributed by atoms with Crippen LogP contribution < -0.4 is 5.32 Å². The summed E-state index contributed by atoms with van der Waals surface area (Å²) >= 11 is 0. The number of carbonyl (C=O) groups excluding carboxylic acids is 2. The molecule has 28 heavy (non-hydrogen) atoms. The average molecular weight is 414 g/mol. The molecule has 1 aromatic carbocycles. The monoisotopic (exact) mass is 414 g/mol. The zero-order valence-electron chi connectivity index (χ0n) is 14.4. The molecule has 0 amide bonds. The van der Waals surface area contributed by atoms with E-state index in [4.69, 9.17) is 0 Å². The van der Waals surface area contributed by atoms with Gasteiger partial charge in [0.25, 0.3) is 0 Å². The molecule has 12 heteroatoms. The number of benzene rings is 1. The molecule has 156 valence electrons. The summed E-state index contributed by atoms with van der Waals surface area (Å²) < 4.78 is 78.8. The van der Waals surface area contributed by atoms with Crippen molar-refractivity contribution in [2.24, 2.45) is 0 Å². The van der Waals surface area contributed by atoms with Crippen LogP contribution in [0.5, 0.6) is 0 Å². The van der Waals surface area contributed by atoms with Gasteiger partial charge in [-0.2, -0.15) is 26.3 Å². The van der Waals surface area contributed by atoms with E-state index in [2.05, 4.69) is 14.9 Å². The van der Waals surface area contributed by atoms with Crippen molar-refractivity contribution in [3.05, 3.63) is 29.8 Å². The summed E-state index contributed by atoms with van der Waals surface area (Å²) in [5.41, 5.74) is 1.59. The predicted octanol–water partition coefficient (Wildman–Crippen LogP) is 3.32. The molecule has 1 aliphatic heterocycles. The Kier molecular flexibility index (Phi) is 6.42. The predicted molar refractivity (Wildman–Crippen MR) is 82.6 cm³/mol. The summed E-state index contributed by atoms with van der Waals surface area (Å²) in [6.45, 7) is 1.48. The summed E-state index contributed by atoms with van der Waals surface area (Å²) in [7, 11) is 0. The molecule has 6 nitrogen and oxygen atoms in total. The maximum atomic E-state index is 12.5. The van der Waals surface area contributed by atoms with Crippen molar-refractivity contribution in [2.75, 3.05) is 11.9 Å². The number of hydrogen-bond acceptors (Lipinski definition) is 6. The molecule has 0 spiro atoms. The second-order valence-corrected chi connectivity index (χ2v) is 6.11. The minimum Gasteiger partial charge on any atom is -0.437 e. The molecule has 1 aromatic rings. The van der Waals surface area contributed by atoms with Crippen LogP contribution in [0.2, 0.25) is 0 Å². The van der Waals surface area contributed by atoms with E-state index in [1.54, 1.807) is 24.3 Å². The first kappa shape index (κ1) is 21.8. The molecule has 2 rings (SSSR count). The van der Waals surface area contributed by atoms with Crippen LogP contribution in [-0.4, -0.2) is 48.2 Å². The normalized spacial score (nSPS) is 21.1. The van der Waals surface area contributed by atoms with Crippen LogP contribution in [0.25, 0.3) is 0 Å². The Morgan fingerprint density at radius 2 is 1.61 bits per heavy atom. The van der Waals surface area contributed by atoms with E-state index in [0.29, 0.717) is 10.8 Å². The van der Waals surface area contributed by atoms with Gasteiger partial charge in [-0.3, -0.25) is 0 Å². The van der Waals surface area contributed by atoms with Crippen molar-refractivity contribution in [1.29, 1.82) is 0 Å². The Labute approximate surface area is 155 Å². The Balaban J connectivity index is 2.10. The molecule has 1 heterocycles. The number of anilines is 1. The number of piperidine rings is 1. The van der Waals surface area contributed by atoms with Crippen molar-refractivity contribution < 1.29 is 45.5 Å². The zero-order valence-corrected chi connectivity index (χ0v) is 14.4. The molecule has 0 saturated carbocycles. The third-order valence-electron chi connectivity index (χ3n) is 3.83. The Bertz CT molecular complexity index is 705. The fraction of sp³-hybridized carbons (Fsp3) is 0.500. The Morgan fingerprint density at radius 3 is 2.14 bits per heavy atom. The number of carbonyl (C=O) groups is 2. The van der Waals surface area contributed by atoms with Gasteiger partial charge in [0.15, 0.2) is 6.23 Å². The first-order chi connectivity index (χ1) is 12.9. The Hall–Kier alpha value is -2.50. The molecular formula is C16H16F6N2O4. The number of alkyl halides is 6. The van der Waals surface area contributed by atoms with Crippen LogP contribution in [0.4, 0.5) is 32.0 Å². The molecule has 1 aliphatic rings. The topological polar surface area (TPSA) is 67.9 Å². The number of nitrogens with zero attached hydrogens (tertiary/aromatic N) is 1. The maximum absolute atomic E-state index is 12.5. The zero-order chi connectivity index (χ0) is 21.1. The van der Waals surface area contributed by atoms with Gasteiger partial charge in [0.1, 0.15) is 0 Å². The number of hydroxylamine groups is 2. The number of esters is 1. The summed E-state index contributed by atoms with van der Waals surface area (Å²) in [5, 5.41) is 3.29. The van der Waals surface area contributed by atoms with Gasteiger partial charge >= 0.3 is 24.3 Å². The molecule has 1 fully saturated rings. The highest BCUT2D eigenvalue weighted by molar-refractivity contribution is 5.76. The highest BCUT2D eigenvalue weighted by Crippen LogP contribution is 2.27. The van der Waals surface area contributed by atoms with Crippen LogP contribution in [0, 0.1) is 6.92 Å². The first-order valence-corrected chi connectivity index (χ1v) is 8.03. The third kappa shape index (κ3) is 6.01. The number of ether oxygens (including phenoxy) is 1. The van der Waals surface area contributed by atoms with E-state index < -0.39 is 36.6 Å². The second kappa shape index (κ2) is 8.25. The SMILES string of the molecule is Cc1ccc(NC2CCN(OC(=O)C(F)(F)F)C(OC(=O)C(F)(F)F)C2)cc1. The highest BCUT2D eigenvalue weighted by atomic mass is 19.4. The van der Waals surface area contributed by atoms with Gasteiger partial charge in [0.2, 0.25) is 0 Å². The van der Waals surface area contributed by atoms with Gasteiger partial charge in [0.05, 0.1) is 0 Å². The molecule has 0 aliphatic carbocycles. The van der Waals surface area contributed by atoms with E-state index in [0.717, 1.165) is 5.56 Å². The quantitative estimate of drug-likeness (QED) is 0.602. The Morgan fingerprint density at radius 1 is 1.04 bits per heavy atom. The lowest BCUT2D eigenvalue weighted by Crippen LogP contribution is -2.51. The van der Waals surface area contributed by atoms with Gasteiger partial charge in [0, 0.05) is 24.7 Å². The average Bonchev–Trinajstić information content (AvgIpc) is 2.57. The summed E-state index contributed by atoms with van der Waals surface area (Å²) in [5.74, 6) is -5.22. The lowest BCUT2D eigenvalue weighted by atomic mass is 10.0. The van der Waals surface area contributed by atoms with E-state index >= 15 is 0 Å². The molecule has 1 N–H and O–H groups in total. The molecule has 0 bridgehead atoms. The number of rotatable bonds is 4. The summed E-state index contributed by atoms with van der Waals surface area (Å²) in [6.07, 6.45) is -12.7. The lowest BCUT2D eigenvalue weighted by molar-refractivity contribution is -0.284. The van der Waals surface area contributed by atoms with Gasteiger partial charge < -0.3 is 14.9 Å². The minimum atomic E-state index is -5.35. The number of nitrogens with one attached hydrogen (secondary N) is 1. The van der Waals surface area contributed by atoms with Crippen molar-refractivity contribution in [1.82, 2.24) is 5.06 Å². The van der Waals surface area contributed by atoms with Crippen LogP contribution in [0.15, 0.2) is 24.3 Å². The van der Waals surface area contributed by atoms with Crippen LogP contribution in [0.1, 0.15) is 18.4 Å². The third-order valence-corrected chi connectivity index (χ3v) is 3.83. The van der Waals surface area contributed by atoms with E-state index in [-0.39, 0.29) is 19.4 Å². The molecule has 0 aromatic heterocycles. The van der Waals surface area contributed by atoms with Gasteiger partial charge in [-0.25, -0.2) is 9.59 Å². The summed E-state index contributed by atoms with van der Waals surface area (Å²) in [6, 6.07) is 6.45. The largest absolute Gasteiger partial charge is 0.492 e. The molecular weight excluding hydrogens is 398 g/mol. The van der Waals surface area contributed by atoms with Crippen molar-refractivity contribution in [3.8, 4) is 0 Å². The molecule has 0 radical (unpaired) electrons. The van der Waals surface area contributed by atoms with Crippen LogP contribution in [0.3, 0.4) is 0 Å². The van der Waals surface area contributed by atoms with Gasteiger partial charge in [-0.15, -0.1) is 0 Å². The van der Waals surface area contributed by atoms with Crippen molar-refractivity contribution in [3.63, 3.8) is 0 Å². The molecule has 1 saturated heterocycles. The van der Waals surface area contributed by atoms with Crippen molar-refractivity contribution in [2.45, 2.75) is 44.4 Å². The molecule has 2 atom stereocenters. The fourth-order valence-corrected chi connectivity index (χ4v) is 2.48. The first-order valence-electron chi connectivity index (χ1n) is 8.03. The van der Waals surface area contributed by atoms with Crippen molar-refractivity contribution >= 4 is 17.6 Å². The number of hydrogen-bond donors (Lipinski definition) is 1. The number of halogens is 6. The number of aryl methyl sites for hydroxylation is 1. The smallest absolute Gasteiger partial charge is 0.437 e.